The molecule has 3 fully saturated rings. The number of piperazine rings is 1. The van der Waals surface area contributed by atoms with Crippen molar-refractivity contribution in [1.82, 2.24) is 9.80 Å². The number of methoxy groups -OCH3 is 2. The van der Waals surface area contributed by atoms with Crippen LogP contribution in [0.3, 0.4) is 0 Å². The highest BCUT2D eigenvalue weighted by atomic mass is 16.5. The topological polar surface area (TPSA) is 59.1 Å². The van der Waals surface area contributed by atoms with Crippen LogP contribution in [0.5, 0.6) is 0 Å². The van der Waals surface area contributed by atoms with Gasteiger partial charge in [-0.25, -0.2) is 0 Å². The first-order valence-electron chi connectivity index (χ1n) is 10.2. The molecule has 5 rings (SSSR count). The zero-order chi connectivity index (χ0) is 21.3. The molecule has 3 heterocycles. The first-order valence-corrected chi connectivity index (χ1v) is 10.2. The van der Waals surface area contributed by atoms with Gasteiger partial charge < -0.3 is 19.3 Å². The van der Waals surface area contributed by atoms with Gasteiger partial charge >= 0.3 is 0 Å². The maximum atomic E-state index is 13.4. The molecular weight excluding hydrogens is 380 g/mol. The zero-order valence-corrected chi connectivity index (χ0v) is 17.7. The Morgan fingerprint density at radius 2 is 1.23 bits per heavy atom. The van der Waals surface area contributed by atoms with Gasteiger partial charge in [0.05, 0.1) is 5.54 Å². The number of β-lactam (4-membered cyclic amide) rings is 2. The molecule has 3 saturated heterocycles. The molecule has 0 aromatic heterocycles. The number of rotatable bonds is 4. The van der Waals surface area contributed by atoms with E-state index in [1.165, 1.54) is 0 Å². The Bertz CT molecular complexity index is 1010. The quantitative estimate of drug-likeness (QED) is 0.731. The molecule has 156 valence electrons. The van der Waals surface area contributed by atoms with E-state index < -0.39 is 28.8 Å². The smallest absolute Gasteiger partial charge is 0.256 e. The maximum Gasteiger partial charge on any atom is 0.256 e. The van der Waals surface area contributed by atoms with Crippen LogP contribution in [0, 0.1) is 0 Å². The van der Waals surface area contributed by atoms with E-state index in [-0.39, 0.29) is 11.8 Å². The minimum Gasteiger partial charge on any atom is -0.369 e. The van der Waals surface area contributed by atoms with Crippen molar-refractivity contribution in [3.8, 4) is 0 Å². The van der Waals surface area contributed by atoms with Crippen LogP contribution >= 0.6 is 0 Å². The molecule has 3 aliphatic rings. The summed E-state index contributed by atoms with van der Waals surface area (Å²) < 4.78 is 11.7. The lowest BCUT2D eigenvalue weighted by Crippen LogP contribution is -2.97. The molecular formula is C24H26N2O4. The molecule has 6 heteroatoms. The van der Waals surface area contributed by atoms with E-state index in [2.05, 4.69) is 0 Å². The highest BCUT2D eigenvalue weighted by molar-refractivity contribution is 5.99. The summed E-state index contributed by atoms with van der Waals surface area (Å²) in [6, 6.07) is 19.8. The maximum absolute atomic E-state index is 13.4. The lowest BCUT2D eigenvalue weighted by Gasteiger charge is -2.79. The van der Waals surface area contributed by atoms with Crippen LogP contribution in [0.2, 0.25) is 0 Å². The Balaban J connectivity index is 1.90. The van der Waals surface area contributed by atoms with Crippen molar-refractivity contribution < 1.29 is 19.1 Å². The summed E-state index contributed by atoms with van der Waals surface area (Å²) in [5, 5.41) is 0. The number of carbonyl (C=O) groups excluding carboxylic acids is 2. The highest BCUT2D eigenvalue weighted by Crippen LogP contribution is 2.67. The SMILES string of the molecule is CO[C@@H]1C(=O)N2CC(C)(C)N3C(=O)[C@@H](OC)[C@]3(c3ccccc3)[C@@]12c1ccccc1. The van der Waals surface area contributed by atoms with E-state index in [9.17, 15) is 9.59 Å². The molecule has 0 aliphatic carbocycles. The van der Waals surface area contributed by atoms with Gasteiger partial charge in [-0.2, -0.15) is 0 Å². The van der Waals surface area contributed by atoms with Gasteiger partial charge in [-0.3, -0.25) is 9.59 Å². The van der Waals surface area contributed by atoms with Crippen LogP contribution in [-0.2, 0) is 30.1 Å². The molecule has 0 radical (unpaired) electrons. The lowest BCUT2D eigenvalue weighted by atomic mass is 9.50. The van der Waals surface area contributed by atoms with E-state index in [1.54, 1.807) is 14.2 Å². The summed E-state index contributed by atoms with van der Waals surface area (Å²) in [7, 11) is 3.13. The van der Waals surface area contributed by atoms with Crippen molar-refractivity contribution in [1.29, 1.82) is 0 Å². The molecule has 2 aromatic carbocycles. The predicted octanol–water partition coefficient (Wildman–Crippen LogP) is 2.28. The van der Waals surface area contributed by atoms with Gasteiger partial charge in [-0.05, 0) is 25.0 Å². The highest BCUT2D eigenvalue weighted by Gasteiger charge is 2.85. The molecule has 4 atom stereocenters. The van der Waals surface area contributed by atoms with Crippen LogP contribution in [-0.4, -0.2) is 60.1 Å². The first kappa shape index (κ1) is 19.3. The summed E-state index contributed by atoms with van der Waals surface area (Å²) in [6.45, 7) is 4.45. The summed E-state index contributed by atoms with van der Waals surface area (Å²) in [5.74, 6) is -0.117. The second kappa shape index (κ2) is 6.15. The van der Waals surface area contributed by atoms with Gasteiger partial charge in [0.25, 0.3) is 11.8 Å². The number of carbonyl (C=O) groups is 2. The molecule has 2 aromatic rings. The molecule has 30 heavy (non-hydrogen) atoms. The zero-order valence-electron chi connectivity index (χ0n) is 17.7. The van der Waals surface area contributed by atoms with Crippen molar-refractivity contribution in [2.75, 3.05) is 20.8 Å². The number of nitrogens with zero attached hydrogens (tertiary/aromatic N) is 2. The summed E-state index contributed by atoms with van der Waals surface area (Å²) in [6.07, 6.45) is -1.45. The van der Waals surface area contributed by atoms with E-state index in [0.29, 0.717) is 6.54 Å². The van der Waals surface area contributed by atoms with Crippen molar-refractivity contribution in [2.45, 2.75) is 42.7 Å². The van der Waals surface area contributed by atoms with Crippen molar-refractivity contribution in [2.24, 2.45) is 0 Å². The van der Waals surface area contributed by atoms with Crippen LogP contribution < -0.4 is 0 Å². The largest absolute Gasteiger partial charge is 0.369 e. The molecule has 0 spiro atoms. The second-order valence-corrected chi connectivity index (χ2v) is 8.91. The fraction of sp³-hybridized carbons (Fsp3) is 0.417. The fourth-order valence-corrected chi connectivity index (χ4v) is 6.26. The minimum absolute atomic E-state index is 0.0569. The Hall–Kier alpha value is -2.70. The normalized spacial score (nSPS) is 34.0. The van der Waals surface area contributed by atoms with E-state index in [1.807, 2.05) is 84.3 Å². The van der Waals surface area contributed by atoms with E-state index in [4.69, 9.17) is 9.47 Å². The Kier molecular flexibility index (Phi) is 3.95. The Morgan fingerprint density at radius 3 is 1.73 bits per heavy atom. The monoisotopic (exact) mass is 406 g/mol. The third-order valence-electron chi connectivity index (χ3n) is 7.10. The average molecular weight is 406 g/mol. The third kappa shape index (κ3) is 1.87. The number of amides is 2. The summed E-state index contributed by atoms with van der Waals surface area (Å²) in [4.78, 5) is 30.5. The molecule has 3 aliphatic heterocycles. The van der Waals surface area contributed by atoms with Crippen LogP contribution in [0.25, 0.3) is 0 Å². The van der Waals surface area contributed by atoms with E-state index in [0.717, 1.165) is 11.1 Å². The predicted molar refractivity (Wildman–Crippen MR) is 110 cm³/mol. The number of ether oxygens (including phenoxy) is 2. The number of benzene rings is 2. The van der Waals surface area contributed by atoms with E-state index >= 15 is 0 Å². The van der Waals surface area contributed by atoms with Crippen molar-refractivity contribution in [3.05, 3.63) is 71.8 Å². The van der Waals surface area contributed by atoms with Crippen molar-refractivity contribution >= 4 is 11.8 Å². The standard InChI is InChI=1S/C24H26N2O4/c1-22(2)15-25-20(27)18(29-3)23(25,16-11-7-5-8-12-16)24(17-13-9-6-10-14-17)19(30-4)21(28)26(22)24/h5-14,18-19H,15H2,1-4H3/t18-,19-,23-,24-/m1/s1. The Labute approximate surface area is 176 Å². The summed E-state index contributed by atoms with van der Waals surface area (Å²) >= 11 is 0. The molecule has 0 unspecified atom stereocenters. The van der Waals surface area contributed by atoms with Gasteiger partial charge in [-0.1, -0.05) is 60.7 Å². The fourth-order valence-electron chi connectivity index (χ4n) is 6.26. The molecule has 2 amide bonds. The van der Waals surface area contributed by atoms with Gasteiger partial charge in [-0.15, -0.1) is 0 Å². The van der Waals surface area contributed by atoms with Crippen LogP contribution in [0.4, 0.5) is 0 Å². The van der Waals surface area contributed by atoms with Gasteiger partial charge in [0.1, 0.15) is 11.1 Å². The van der Waals surface area contributed by atoms with Gasteiger partial charge in [0, 0.05) is 20.8 Å². The summed E-state index contributed by atoms with van der Waals surface area (Å²) in [5.41, 5.74) is -0.472. The molecule has 0 saturated carbocycles. The third-order valence-corrected chi connectivity index (χ3v) is 7.10. The second-order valence-electron chi connectivity index (χ2n) is 8.91. The minimum atomic E-state index is -0.905. The molecule has 6 nitrogen and oxygen atoms in total. The van der Waals surface area contributed by atoms with Crippen LogP contribution in [0.15, 0.2) is 60.7 Å². The Morgan fingerprint density at radius 1 is 0.767 bits per heavy atom. The number of hydrogen-bond acceptors (Lipinski definition) is 4. The molecule has 0 N–H and O–H groups in total. The van der Waals surface area contributed by atoms with Gasteiger partial charge in [0.15, 0.2) is 12.2 Å². The number of fused-ring (bicyclic) bond motifs is 3. The van der Waals surface area contributed by atoms with Crippen LogP contribution in [0.1, 0.15) is 25.0 Å². The van der Waals surface area contributed by atoms with Crippen molar-refractivity contribution in [3.63, 3.8) is 0 Å². The average Bonchev–Trinajstić information content (AvgIpc) is 2.75. The number of hydrogen-bond donors (Lipinski definition) is 0. The van der Waals surface area contributed by atoms with Gasteiger partial charge in [0.2, 0.25) is 0 Å². The lowest BCUT2D eigenvalue weighted by molar-refractivity contribution is -0.313. The first-order chi connectivity index (χ1) is 14.4. The molecule has 0 bridgehead atoms.